The molecule has 0 unspecified atom stereocenters. The highest BCUT2D eigenvalue weighted by molar-refractivity contribution is 6.30. The number of nitrogens with zero attached hydrogens (tertiary/aromatic N) is 1. The predicted molar refractivity (Wildman–Crippen MR) is 79.4 cm³/mol. The summed E-state index contributed by atoms with van der Waals surface area (Å²) in [5.41, 5.74) is 0.0834. The fourth-order valence-corrected chi connectivity index (χ4v) is 1.81. The van der Waals surface area contributed by atoms with Crippen LogP contribution in [0.1, 0.15) is 24.3 Å². The number of ether oxygens (including phenoxy) is 1. The fourth-order valence-electron chi connectivity index (χ4n) is 1.64. The van der Waals surface area contributed by atoms with E-state index in [2.05, 4.69) is 10.3 Å². The summed E-state index contributed by atoms with van der Waals surface area (Å²) in [5, 5.41) is 2.96. The van der Waals surface area contributed by atoms with Gasteiger partial charge in [-0.2, -0.15) is 0 Å². The van der Waals surface area contributed by atoms with Crippen molar-refractivity contribution < 1.29 is 13.9 Å². The summed E-state index contributed by atoms with van der Waals surface area (Å²) in [6, 6.07) is 9.28. The Morgan fingerprint density at radius 1 is 1.29 bits per heavy atom. The van der Waals surface area contributed by atoms with Crippen LogP contribution in [0.25, 0.3) is 0 Å². The lowest BCUT2D eigenvalue weighted by Gasteiger charge is -2.10. The van der Waals surface area contributed by atoms with E-state index in [0.717, 1.165) is 0 Å². The van der Waals surface area contributed by atoms with Crippen molar-refractivity contribution in [1.82, 2.24) is 4.98 Å². The molecule has 2 aromatic rings. The highest BCUT2D eigenvalue weighted by atomic mass is 35.5. The van der Waals surface area contributed by atoms with Crippen LogP contribution in [0.4, 0.5) is 10.2 Å². The lowest BCUT2D eigenvalue weighted by Crippen LogP contribution is -2.15. The van der Waals surface area contributed by atoms with Crippen LogP contribution < -0.4 is 10.1 Å². The first-order chi connectivity index (χ1) is 9.97. The Labute approximate surface area is 126 Å². The van der Waals surface area contributed by atoms with Gasteiger partial charge in [0.1, 0.15) is 5.82 Å². The molecule has 1 heterocycles. The van der Waals surface area contributed by atoms with Crippen LogP contribution >= 0.6 is 11.6 Å². The number of rotatable bonds is 4. The normalized spacial score (nSPS) is 10.5. The molecular formula is C15H14ClFN2O2. The number of anilines is 1. The molecule has 6 heteroatoms. The molecule has 0 aliphatic heterocycles. The fraction of sp³-hybridized carbons (Fsp3) is 0.200. The number of pyridine rings is 1. The molecule has 0 amide bonds. The van der Waals surface area contributed by atoms with E-state index in [4.69, 9.17) is 16.3 Å². The maximum absolute atomic E-state index is 13.7. The molecular weight excluding hydrogens is 295 g/mol. The molecule has 21 heavy (non-hydrogen) atoms. The first-order valence-electron chi connectivity index (χ1n) is 6.37. The van der Waals surface area contributed by atoms with Crippen molar-refractivity contribution in [3.8, 4) is 5.75 Å². The molecule has 0 radical (unpaired) electrons. The summed E-state index contributed by atoms with van der Waals surface area (Å²) in [4.78, 5) is 16.1. The smallest absolute Gasteiger partial charge is 0.362 e. The van der Waals surface area contributed by atoms with Crippen molar-refractivity contribution in [2.45, 2.75) is 19.9 Å². The Morgan fingerprint density at radius 2 is 2.00 bits per heavy atom. The first kappa shape index (κ1) is 15.3. The number of esters is 1. The van der Waals surface area contributed by atoms with Gasteiger partial charge in [0, 0.05) is 6.04 Å². The topological polar surface area (TPSA) is 51.2 Å². The highest BCUT2D eigenvalue weighted by Crippen LogP contribution is 2.24. The lowest BCUT2D eigenvalue weighted by atomic mass is 10.3. The standard InChI is InChI=1S/C15H14ClFN2O2/c1-9(2)18-13-8-4-6-11(19-13)15(20)21-12-7-3-5-10(16)14(12)17/h3-9H,1-2H3,(H,18,19). The van der Waals surface area contributed by atoms with E-state index in [1.54, 1.807) is 12.1 Å². The molecule has 110 valence electrons. The summed E-state index contributed by atoms with van der Waals surface area (Å²) in [6.45, 7) is 3.90. The third kappa shape index (κ3) is 3.92. The van der Waals surface area contributed by atoms with Crippen molar-refractivity contribution in [3.63, 3.8) is 0 Å². The molecule has 0 aliphatic carbocycles. The lowest BCUT2D eigenvalue weighted by molar-refractivity contribution is 0.0722. The predicted octanol–water partition coefficient (Wildman–Crippen LogP) is 3.91. The number of nitrogens with one attached hydrogen (secondary N) is 1. The van der Waals surface area contributed by atoms with Crippen molar-refractivity contribution in [2.24, 2.45) is 0 Å². The van der Waals surface area contributed by atoms with Gasteiger partial charge in [0.05, 0.1) is 5.02 Å². The van der Waals surface area contributed by atoms with Crippen LogP contribution in [-0.2, 0) is 0 Å². The van der Waals surface area contributed by atoms with Crippen molar-refractivity contribution in [1.29, 1.82) is 0 Å². The second-order valence-corrected chi connectivity index (χ2v) is 5.06. The molecule has 1 aromatic heterocycles. The molecule has 0 saturated heterocycles. The van der Waals surface area contributed by atoms with Gasteiger partial charge >= 0.3 is 5.97 Å². The van der Waals surface area contributed by atoms with Crippen molar-refractivity contribution in [3.05, 3.63) is 52.9 Å². The number of carbonyl (C=O) groups is 1. The second kappa shape index (κ2) is 6.54. The van der Waals surface area contributed by atoms with Gasteiger partial charge in [-0.3, -0.25) is 0 Å². The Morgan fingerprint density at radius 3 is 2.71 bits per heavy atom. The molecule has 1 aromatic carbocycles. The molecule has 1 N–H and O–H groups in total. The largest absolute Gasteiger partial charge is 0.419 e. The van der Waals surface area contributed by atoms with E-state index >= 15 is 0 Å². The molecule has 0 aliphatic rings. The Balaban J connectivity index is 2.18. The summed E-state index contributed by atoms with van der Waals surface area (Å²) in [7, 11) is 0. The molecule has 0 fully saturated rings. The monoisotopic (exact) mass is 308 g/mol. The highest BCUT2D eigenvalue weighted by Gasteiger charge is 2.15. The van der Waals surface area contributed by atoms with Gasteiger partial charge < -0.3 is 10.1 Å². The number of aromatic nitrogens is 1. The summed E-state index contributed by atoms with van der Waals surface area (Å²) in [5.74, 6) is -1.20. The zero-order chi connectivity index (χ0) is 15.4. The van der Waals surface area contributed by atoms with Gasteiger partial charge in [-0.1, -0.05) is 23.7 Å². The molecule has 0 bridgehead atoms. The summed E-state index contributed by atoms with van der Waals surface area (Å²) in [6.07, 6.45) is 0. The van der Waals surface area contributed by atoms with Crippen LogP contribution in [-0.4, -0.2) is 17.0 Å². The number of carbonyl (C=O) groups excluding carboxylic acids is 1. The molecule has 0 spiro atoms. The van der Waals surface area contributed by atoms with Crippen molar-refractivity contribution in [2.75, 3.05) is 5.32 Å². The number of benzene rings is 1. The van der Waals surface area contributed by atoms with E-state index in [0.29, 0.717) is 5.82 Å². The SMILES string of the molecule is CC(C)Nc1cccc(C(=O)Oc2cccc(Cl)c2F)n1. The average Bonchev–Trinajstić information content (AvgIpc) is 2.43. The van der Waals surface area contributed by atoms with E-state index in [1.165, 1.54) is 24.3 Å². The Hall–Kier alpha value is -2.14. The van der Waals surface area contributed by atoms with Gasteiger partial charge in [-0.05, 0) is 38.1 Å². The quantitative estimate of drug-likeness (QED) is 0.687. The maximum atomic E-state index is 13.7. The third-order valence-electron chi connectivity index (χ3n) is 2.51. The number of hydrogen-bond donors (Lipinski definition) is 1. The average molecular weight is 309 g/mol. The zero-order valence-corrected chi connectivity index (χ0v) is 12.3. The molecule has 2 rings (SSSR count). The summed E-state index contributed by atoms with van der Waals surface area (Å²) < 4.78 is 18.7. The van der Waals surface area contributed by atoms with Gasteiger partial charge in [-0.15, -0.1) is 0 Å². The van der Waals surface area contributed by atoms with Crippen LogP contribution in [0, 0.1) is 5.82 Å². The Bertz CT molecular complexity index is 662. The number of hydrogen-bond acceptors (Lipinski definition) is 4. The van der Waals surface area contributed by atoms with E-state index in [9.17, 15) is 9.18 Å². The maximum Gasteiger partial charge on any atom is 0.362 e. The van der Waals surface area contributed by atoms with Gasteiger partial charge in [0.25, 0.3) is 0 Å². The Kier molecular flexibility index (Phi) is 4.75. The van der Waals surface area contributed by atoms with E-state index in [1.807, 2.05) is 13.8 Å². The van der Waals surface area contributed by atoms with Gasteiger partial charge in [-0.25, -0.2) is 14.2 Å². The third-order valence-corrected chi connectivity index (χ3v) is 2.81. The molecule has 4 nitrogen and oxygen atoms in total. The summed E-state index contributed by atoms with van der Waals surface area (Å²) >= 11 is 5.63. The minimum absolute atomic E-state index is 0.0834. The van der Waals surface area contributed by atoms with Crippen molar-refractivity contribution >= 4 is 23.4 Å². The van der Waals surface area contributed by atoms with E-state index in [-0.39, 0.29) is 22.5 Å². The van der Waals surface area contributed by atoms with Crippen LogP contribution in [0.5, 0.6) is 5.75 Å². The minimum atomic E-state index is -0.774. The van der Waals surface area contributed by atoms with Crippen LogP contribution in [0.3, 0.4) is 0 Å². The van der Waals surface area contributed by atoms with Gasteiger partial charge in [0.15, 0.2) is 17.3 Å². The van der Waals surface area contributed by atoms with Gasteiger partial charge in [0.2, 0.25) is 0 Å². The second-order valence-electron chi connectivity index (χ2n) is 4.65. The zero-order valence-electron chi connectivity index (χ0n) is 11.6. The number of halogens is 2. The van der Waals surface area contributed by atoms with Crippen LogP contribution in [0.15, 0.2) is 36.4 Å². The van der Waals surface area contributed by atoms with Crippen LogP contribution in [0.2, 0.25) is 5.02 Å². The minimum Gasteiger partial charge on any atom is -0.419 e. The molecule has 0 atom stereocenters. The van der Waals surface area contributed by atoms with E-state index < -0.39 is 11.8 Å². The first-order valence-corrected chi connectivity index (χ1v) is 6.75. The molecule has 0 saturated carbocycles.